The number of ether oxygens (including phenoxy) is 1. The van der Waals surface area contributed by atoms with Crippen LogP contribution in [0.25, 0.3) is 6.08 Å². The Labute approximate surface area is 147 Å². The van der Waals surface area contributed by atoms with Crippen molar-refractivity contribution in [2.45, 2.75) is 6.61 Å². The summed E-state index contributed by atoms with van der Waals surface area (Å²) in [7, 11) is 0. The summed E-state index contributed by atoms with van der Waals surface area (Å²) in [5.41, 5.74) is 6.51. The van der Waals surface area contributed by atoms with Gasteiger partial charge in [-0.25, -0.2) is 0 Å². The Balaban J connectivity index is 2.29. The predicted molar refractivity (Wildman–Crippen MR) is 92.7 cm³/mol. The Bertz CT molecular complexity index is 812. The molecule has 0 fully saturated rings. The van der Waals surface area contributed by atoms with E-state index in [0.717, 1.165) is 10.0 Å². The van der Waals surface area contributed by atoms with Crippen molar-refractivity contribution in [3.63, 3.8) is 0 Å². The standard InChI is InChI=1S/C17H12BrClN2O2/c18-14-4-5-16(12(8-14)7-13(9-20)17(21)22)23-10-11-2-1-3-15(19)6-11/h1-8H,10H2,(H2,21,22)/b13-7+. The van der Waals surface area contributed by atoms with Crippen molar-refractivity contribution in [2.75, 3.05) is 0 Å². The van der Waals surface area contributed by atoms with E-state index in [1.54, 1.807) is 36.4 Å². The van der Waals surface area contributed by atoms with Crippen LogP contribution < -0.4 is 10.5 Å². The van der Waals surface area contributed by atoms with E-state index in [1.807, 2.05) is 12.1 Å². The average molecular weight is 392 g/mol. The van der Waals surface area contributed by atoms with Crippen molar-refractivity contribution in [1.82, 2.24) is 0 Å². The summed E-state index contributed by atoms with van der Waals surface area (Å²) >= 11 is 9.29. The molecule has 0 heterocycles. The quantitative estimate of drug-likeness (QED) is 0.616. The zero-order valence-corrected chi connectivity index (χ0v) is 14.3. The molecular formula is C17H12BrClN2O2. The molecule has 0 spiro atoms. The first-order valence-electron chi connectivity index (χ1n) is 6.58. The molecule has 0 saturated carbocycles. The number of amides is 1. The van der Waals surface area contributed by atoms with Crippen LogP contribution in [0.3, 0.4) is 0 Å². The third-order valence-corrected chi connectivity index (χ3v) is 3.67. The van der Waals surface area contributed by atoms with Crippen LogP contribution in [0.1, 0.15) is 11.1 Å². The normalized spacial score (nSPS) is 10.9. The second-order valence-electron chi connectivity index (χ2n) is 4.63. The van der Waals surface area contributed by atoms with Crippen LogP contribution >= 0.6 is 27.5 Å². The summed E-state index contributed by atoms with van der Waals surface area (Å²) in [5, 5.41) is 9.60. The zero-order chi connectivity index (χ0) is 16.8. The van der Waals surface area contributed by atoms with Crippen LogP contribution in [0.4, 0.5) is 0 Å². The van der Waals surface area contributed by atoms with E-state index in [2.05, 4.69) is 15.9 Å². The second kappa shape index (κ2) is 7.82. The molecule has 0 unspecified atom stereocenters. The van der Waals surface area contributed by atoms with Gasteiger partial charge in [0.25, 0.3) is 5.91 Å². The van der Waals surface area contributed by atoms with E-state index < -0.39 is 5.91 Å². The fraction of sp³-hybridized carbons (Fsp3) is 0.0588. The maximum absolute atomic E-state index is 11.2. The Morgan fingerprint density at radius 2 is 2.13 bits per heavy atom. The molecule has 0 aliphatic carbocycles. The van der Waals surface area contributed by atoms with Gasteiger partial charge < -0.3 is 10.5 Å². The first kappa shape index (κ1) is 17.1. The third-order valence-electron chi connectivity index (χ3n) is 2.94. The molecule has 2 N–H and O–H groups in total. The molecule has 4 nitrogen and oxygen atoms in total. The van der Waals surface area contributed by atoms with Crippen molar-refractivity contribution in [1.29, 1.82) is 5.26 Å². The van der Waals surface area contributed by atoms with E-state index in [-0.39, 0.29) is 5.57 Å². The molecule has 0 radical (unpaired) electrons. The lowest BCUT2D eigenvalue weighted by Crippen LogP contribution is -2.12. The van der Waals surface area contributed by atoms with Crippen LogP contribution in [-0.4, -0.2) is 5.91 Å². The lowest BCUT2D eigenvalue weighted by molar-refractivity contribution is -0.114. The number of nitriles is 1. The van der Waals surface area contributed by atoms with Crippen molar-refractivity contribution in [3.05, 3.63) is 68.7 Å². The Kier molecular flexibility index (Phi) is 5.80. The molecule has 2 rings (SSSR count). The van der Waals surface area contributed by atoms with Gasteiger partial charge in [0, 0.05) is 15.1 Å². The van der Waals surface area contributed by atoms with Crippen molar-refractivity contribution in [3.8, 4) is 11.8 Å². The molecule has 6 heteroatoms. The van der Waals surface area contributed by atoms with Gasteiger partial charge in [0.1, 0.15) is 24.0 Å². The minimum Gasteiger partial charge on any atom is -0.488 e. The Morgan fingerprint density at radius 1 is 1.35 bits per heavy atom. The molecule has 2 aromatic carbocycles. The first-order valence-corrected chi connectivity index (χ1v) is 7.75. The van der Waals surface area contributed by atoms with Gasteiger partial charge in [0.15, 0.2) is 0 Å². The highest BCUT2D eigenvalue weighted by Crippen LogP contribution is 2.26. The summed E-state index contributed by atoms with van der Waals surface area (Å²) in [6.07, 6.45) is 1.40. The Hall–Kier alpha value is -2.29. The number of rotatable bonds is 5. The minimum absolute atomic E-state index is 0.143. The highest BCUT2D eigenvalue weighted by Gasteiger charge is 2.08. The summed E-state index contributed by atoms with van der Waals surface area (Å²) in [6.45, 7) is 0.307. The van der Waals surface area contributed by atoms with Gasteiger partial charge in [0.2, 0.25) is 0 Å². The third kappa shape index (κ3) is 4.85. The van der Waals surface area contributed by atoms with Crippen LogP contribution in [0, 0.1) is 11.3 Å². The summed E-state index contributed by atoms with van der Waals surface area (Å²) in [4.78, 5) is 11.2. The van der Waals surface area contributed by atoms with Crippen LogP contribution in [0.15, 0.2) is 52.5 Å². The largest absolute Gasteiger partial charge is 0.488 e. The topological polar surface area (TPSA) is 76.1 Å². The number of nitrogens with two attached hydrogens (primary N) is 1. The van der Waals surface area contributed by atoms with Gasteiger partial charge in [-0.3, -0.25) is 4.79 Å². The molecule has 0 aliphatic heterocycles. The maximum atomic E-state index is 11.2. The second-order valence-corrected chi connectivity index (χ2v) is 5.99. The molecule has 116 valence electrons. The number of carbonyl (C=O) groups excluding carboxylic acids is 1. The van der Waals surface area contributed by atoms with Gasteiger partial charge in [0.05, 0.1) is 0 Å². The molecule has 0 bridgehead atoms. The molecule has 0 aromatic heterocycles. The molecular weight excluding hydrogens is 380 g/mol. The van der Waals surface area contributed by atoms with E-state index in [4.69, 9.17) is 27.3 Å². The van der Waals surface area contributed by atoms with Crippen molar-refractivity contribution >= 4 is 39.5 Å². The van der Waals surface area contributed by atoms with Crippen LogP contribution in [-0.2, 0) is 11.4 Å². The zero-order valence-electron chi connectivity index (χ0n) is 11.9. The lowest BCUT2D eigenvalue weighted by atomic mass is 10.1. The predicted octanol–water partition coefficient (Wildman–Crippen LogP) is 4.07. The highest BCUT2D eigenvalue weighted by atomic mass is 79.9. The average Bonchev–Trinajstić information content (AvgIpc) is 2.51. The molecule has 0 aliphatic rings. The maximum Gasteiger partial charge on any atom is 0.259 e. The molecule has 0 saturated heterocycles. The highest BCUT2D eigenvalue weighted by molar-refractivity contribution is 9.10. The van der Waals surface area contributed by atoms with Crippen molar-refractivity contribution < 1.29 is 9.53 Å². The van der Waals surface area contributed by atoms with Gasteiger partial charge in [-0.15, -0.1) is 0 Å². The van der Waals surface area contributed by atoms with E-state index in [1.165, 1.54) is 6.08 Å². The molecule has 2 aromatic rings. The Morgan fingerprint density at radius 3 is 2.78 bits per heavy atom. The van der Waals surface area contributed by atoms with Gasteiger partial charge >= 0.3 is 0 Å². The number of benzene rings is 2. The minimum atomic E-state index is -0.784. The van der Waals surface area contributed by atoms with E-state index in [0.29, 0.717) is 22.9 Å². The van der Waals surface area contributed by atoms with Gasteiger partial charge in [-0.1, -0.05) is 39.7 Å². The first-order chi connectivity index (χ1) is 11.0. The summed E-state index contributed by atoms with van der Waals surface area (Å²) in [6, 6.07) is 14.4. The van der Waals surface area contributed by atoms with E-state index >= 15 is 0 Å². The van der Waals surface area contributed by atoms with Crippen molar-refractivity contribution in [2.24, 2.45) is 5.73 Å². The monoisotopic (exact) mass is 390 g/mol. The number of halogens is 2. The number of hydrogen-bond donors (Lipinski definition) is 1. The number of carbonyl (C=O) groups is 1. The van der Waals surface area contributed by atoms with Crippen LogP contribution in [0.5, 0.6) is 5.75 Å². The number of hydrogen-bond acceptors (Lipinski definition) is 3. The molecule has 1 amide bonds. The smallest absolute Gasteiger partial charge is 0.259 e. The number of primary amides is 1. The fourth-order valence-corrected chi connectivity index (χ4v) is 2.46. The lowest BCUT2D eigenvalue weighted by Gasteiger charge is -2.10. The molecule has 23 heavy (non-hydrogen) atoms. The summed E-state index contributed by atoms with van der Waals surface area (Å²) in [5.74, 6) is -0.254. The molecule has 0 atom stereocenters. The van der Waals surface area contributed by atoms with Gasteiger partial charge in [-0.05, 0) is 42.0 Å². The number of nitrogens with zero attached hydrogens (tertiary/aromatic N) is 1. The SMILES string of the molecule is N#C/C(=C\c1cc(Br)ccc1OCc1cccc(Cl)c1)C(N)=O. The summed E-state index contributed by atoms with van der Waals surface area (Å²) < 4.78 is 6.56. The van der Waals surface area contributed by atoms with Crippen LogP contribution in [0.2, 0.25) is 5.02 Å². The fourth-order valence-electron chi connectivity index (χ4n) is 1.87. The van der Waals surface area contributed by atoms with Gasteiger partial charge in [-0.2, -0.15) is 5.26 Å². The van der Waals surface area contributed by atoms with E-state index in [9.17, 15) is 4.79 Å².